The second kappa shape index (κ2) is 9.18. The summed E-state index contributed by atoms with van der Waals surface area (Å²) in [7, 11) is 0. The molecule has 1 aliphatic rings. The summed E-state index contributed by atoms with van der Waals surface area (Å²) < 4.78 is 3.61. The molecule has 1 fully saturated rings. The van der Waals surface area contributed by atoms with Crippen molar-refractivity contribution in [3.05, 3.63) is 88.3 Å². The third kappa shape index (κ3) is 4.29. The lowest BCUT2D eigenvalue weighted by atomic mass is 10.2. The Balaban J connectivity index is 1.19. The van der Waals surface area contributed by atoms with Crippen molar-refractivity contribution in [2.24, 2.45) is 0 Å². The average molecular weight is 448 g/mol. The van der Waals surface area contributed by atoms with Gasteiger partial charge in [0.05, 0.1) is 16.2 Å². The normalized spacial score (nSPS) is 14.8. The first kappa shape index (κ1) is 20.8. The number of nitrogens with zero attached hydrogens (tertiary/aromatic N) is 5. The molecule has 0 saturated carbocycles. The van der Waals surface area contributed by atoms with Gasteiger partial charge < -0.3 is 4.90 Å². The van der Waals surface area contributed by atoms with Crippen LogP contribution in [-0.2, 0) is 6.54 Å². The fraction of sp³-hybridized carbons (Fsp3) is 0.280. The van der Waals surface area contributed by atoms with Crippen LogP contribution in [-0.4, -0.2) is 52.0 Å². The van der Waals surface area contributed by atoms with Crippen molar-refractivity contribution in [1.82, 2.24) is 19.2 Å². The first-order valence-electron chi connectivity index (χ1n) is 11.1. The summed E-state index contributed by atoms with van der Waals surface area (Å²) in [4.78, 5) is 17.2. The van der Waals surface area contributed by atoms with Crippen molar-refractivity contribution in [1.29, 1.82) is 0 Å². The maximum absolute atomic E-state index is 12.4. The van der Waals surface area contributed by atoms with Gasteiger partial charge in [0.2, 0.25) is 0 Å². The van der Waals surface area contributed by atoms with E-state index < -0.39 is 0 Å². The Hall–Kier alpha value is -3.09. The lowest BCUT2D eigenvalue weighted by molar-refractivity contribution is 0.248. The number of benzene rings is 2. The smallest absolute Gasteiger partial charge is 0.266 e. The van der Waals surface area contributed by atoms with Gasteiger partial charge in [-0.05, 0) is 42.1 Å². The molecule has 7 heteroatoms. The van der Waals surface area contributed by atoms with E-state index in [1.54, 1.807) is 16.8 Å². The number of aryl methyl sites for hydroxylation is 1. The molecule has 0 radical (unpaired) electrons. The van der Waals surface area contributed by atoms with E-state index in [1.165, 1.54) is 0 Å². The van der Waals surface area contributed by atoms with E-state index >= 15 is 0 Å². The summed E-state index contributed by atoms with van der Waals surface area (Å²) in [6, 6.07) is 21.7. The second-order valence-corrected chi connectivity index (χ2v) is 8.54. The number of hydrogen-bond acceptors (Lipinski definition) is 4. The molecule has 3 heterocycles. The van der Waals surface area contributed by atoms with Gasteiger partial charge in [-0.25, -0.2) is 4.68 Å². The molecule has 0 N–H and O–H groups in total. The van der Waals surface area contributed by atoms with Gasteiger partial charge in [0.1, 0.15) is 0 Å². The molecule has 4 aromatic rings. The quantitative estimate of drug-likeness (QED) is 0.447. The number of piperazine rings is 1. The summed E-state index contributed by atoms with van der Waals surface area (Å²) in [5.74, 6) is 0.763. The SMILES string of the molecule is O=c1ccc(-n2ccc3ccccc32)nn1CCCN1CCN(c2ccccc2Cl)CC1. The molecular formula is C25H26ClN5O. The highest BCUT2D eigenvalue weighted by atomic mass is 35.5. The van der Waals surface area contributed by atoms with Crippen molar-refractivity contribution < 1.29 is 0 Å². The van der Waals surface area contributed by atoms with Crippen molar-refractivity contribution in [2.75, 3.05) is 37.6 Å². The van der Waals surface area contributed by atoms with E-state index in [1.807, 2.05) is 41.1 Å². The monoisotopic (exact) mass is 447 g/mol. The highest BCUT2D eigenvalue weighted by Crippen LogP contribution is 2.26. The minimum atomic E-state index is -0.0613. The molecule has 5 rings (SSSR count). The van der Waals surface area contributed by atoms with Crippen LogP contribution in [0.1, 0.15) is 6.42 Å². The number of rotatable bonds is 6. The zero-order chi connectivity index (χ0) is 21.9. The third-order valence-electron chi connectivity index (χ3n) is 6.11. The first-order chi connectivity index (χ1) is 15.7. The lowest BCUT2D eigenvalue weighted by Gasteiger charge is -2.36. The second-order valence-electron chi connectivity index (χ2n) is 8.13. The molecule has 164 valence electrons. The van der Waals surface area contributed by atoms with Crippen molar-refractivity contribution in [3.63, 3.8) is 0 Å². The van der Waals surface area contributed by atoms with Gasteiger partial charge in [-0.1, -0.05) is 41.9 Å². The minimum absolute atomic E-state index is 0.0613. The van der Waals surface area contributed by atoms with Crippen LogP contribution in [0.15, 0.2) is 77.7 Å². The number of hydrogen-bond donors (Lipinski definition) is 0. The zero-order valence-corrected chi connectivity index (χ0v) is 18.7. The van der Waals surface area contributed by atoms with Crippen molar-refractivity contribution in [3.8, 4) is 5.82 Å². The van der Waals surface area contributed by atoms with Gasteiger partial charge in [0.15, 0.2) is 5.82 Å². The summed E-state index contributed by atoms with van der Waals surface area (Å²) in [6.45, 7) is 5.44. The predicted molar refractivity (Wildman–Crippen MR) is 130 cm³/mol. The molecule has 1 saturated heterocycles. The molecule has 2 aromatic heterocycles. The molecule has 0 amide bonds. The Morgan fingerprint density at radius 1 is 0.844 bits per heavy atom. The molecule has 1 aliphatic heterocycles. The topological polar surface area (TPSA) is 46.3 Å². The van der Waals surface area contributed by atoms with Crippen LogP contribution in [0.3, 0.4) is 0 Å². The largest absolute Gasteiger partial charge is 0.368 e. The van der Waals surface area contributed by atoms with Gasteiger partial charge in [-0.3, -0.25) is 14.3 Å². The summed E-state index contributed by atoms with van der Waals surface area (Å²) in [6.07, 6.45) is 2.88. The molecule has 0 unspecified atom stereocenters. The Labute approximate surface area is 192 Å². The molecule has 6 nitrogen and oxygen atoms in total. The van der Waals surface area contributed by atoms with E-state index in [-0.39, 0.29) is 5.56 Å². The molecule has 2 aromatic carbocycles. The van der Waals surface area contributed by atoms with Gasteiger partial charge >= 0.3 is 0 Å². The molecule has 0 bridgehead atoms. The van der Waals surface area contributed by atoms with Crippen molar-refractivity contribution in [2.45, 2.75) is 13.0 Å². The number of aromatic nitrogens is 3. The Kier molecular flexibility index (Phi) is 5.97. The van der Waals surface area contributed by atoms with Gasteiger partial charge in [0.25, 0.3) is 5.56 Å². The predicted octanol–water partition coefficient (Wildman–Crippen LogP) is 4.05. The average Bonchev–Trinajstić information content (AvgIpc) is 3.25. The fourth-order valence-corrected chi connectivity index (χ4v) is 4.63. The summed E-state index contributed by atoms with van der Waals surface area (Å²) in [5, 5.41) is 6.60. The Bertz CT molecular complexity index is 1270. The van der Waals surface area contributed by atoms with Crippen molar-refractivity contribution >= 4 is 28.2 Å². The highest BCUT2D eigenvalue weighted by Gasteiger charge is 2.18. The third-order valence-corrected chi connectivity index (χ3v) is 6.43. The number of fused-ring (bicyclic) bond motifs is 1. The van der Waals surface area contributed by atoms with Gasteiger partial charge in [-0.2, -0.15) is 5.10 Å². The van der Waals surface area contributed by atoms with Gasteiger partial charge in [-0.15, -0.1) is 0 Å². The van der Waals surface area contributed by atoms with Crippen LogP contribution >= 0.6 is 11.6 Å². The van der Waals surface area contributed by atoms with E-state index in [2.05, 4.69) is 39.2 Å². The molecule has 0 spiro atoms. The fourth-order valence-electron chi connectivity index (χ4n) is 4.37. The zero-order valence-electron chi connectivity index (χ0n) is 17.9. The molecule has 32 heavy (non-hydrogen) atoms. The Morgan fingerprint density at radius 2 is 1.62 bits per heavy atom. The molecule has 0 atom stereocenters. The van der Waals surface area contributed by atoms with E-state index in [0.717, 1.165) is 66.6 Å². The van der Waals surface area contributed by atoms with E-state index in [9.17, 15) is 4.79 Å². The molecule has 0 aliphatic carbocycles. The van der Waals surface area contributed by atoms with Gasteiger partial charge in [0, 0.05) is 51.5 Å². The highest BCUT2D eigenvalue weighted by molar-refractivity contribution is 6.33. The Morgan fingerprint density at radius 3 is 2.47 bits per heavy atom. The summed E-state index contributed by atoms with van der Waals surface area (Å²) in [5.41, 5.74) is 2.13. The minimum Gasteiger partial charge on any atom is -0.368 e. The van der Waals surface area contributed by atoms with Crippen LogP contribution in [0.2, 0.25) is 5.02 Å². The van der Waals surface area contributed by atoms with Crippen LogP contribution in [0.4, 0.5) is 5.69 Å². The first-order valence-corrected chi connectivity index (χ1v) is 11.4. The number of halogens is 1. The van der Waals surface area contributed by atoms with Crippen LogP contribution in [0, 0.1) is 0 Å². The number of anilines is 1. The van der Waals surface area contributed by atoms with E-state index in [4.69, 9.17) is 11.6 Å². The van der Waals surface area contributed by atoms with Crippen LogP contribution in [0.5, 0.6) is 0 Å². The van der Waals surface area contributed by atoms with E-state index in [0.29, 0.717) is 6.54 Å². The van der Waals surface area contributed by atoms with Crippen LogP contribution < -0.4 is 10.5 Å². The number of para-hydroxylation sites is 2. The van der Waals surface area contributed by atoms with Crippen LogP contribution in [0.25, 0.3) is 16.7 Å². The standard InChI is InChI=1S/C25H26ClN5O/c26-21-7-2-4-9-23(21)29-18-16-28(17-19-29)13-5-14-31-25(32)11-10-24(27-31)30-15-12-20-6-1-3-8-22(20)30/h1-4,6-12,15H,5,13-14,16-19H2. The lowest BCUT2D eigenvalue weighted by Crippen LogP contribution is -2.47. The molecular weight excluding hydrogens is 422 g/mol. The summed E-state index contributed by atoms with van der Waals surface area (Å²) >= 11 is 6.35. The maximum Gasteiger partial charge on any atom is 0.266 e. The maximum atomic E-state index is 12.4.